The molecular formula is C11H19BN2O2. The van der Waals surface area contributed by atoms with Crippen molar-refractivity contribution in [1.82, 2.24) is 9.78 Å². The zero-order chi connectivity index (χ0) is 16.3. The van der Waals surface area contributed by atoms with Crippen LogP contribution in [0.3, 0.4) is 0 Å². The Kier molecular flexibility index (Phi) is 1.53. The molecule has 5 heteroatoms. The van der Waals surface area contributed by atoms with E-state index in [1.54, 1.807) is 0 Å². The second kappa shape index (κ2) is 3.60. The smallest absolute Gasteiger partial charge is 0.399 e. The first-order chi connectivity index (χ1) is 9.28. The molecule has 88 valence electrons. The van der Waals surface area contributed by atoms with Crippen LogP contribution < -0.4 is 5.46 Å². The lowest BCUT2D eigenvalue weighted by molar-refractivity contribution is 0.00578. The summed E-state index contributed by atoms with van der Waals surface area (Å²) in [6, 6.07) is 0. The van der Waals surface area contributed by atoms with Gasteiger partial charge in [0.15, 0.2) is 0 Å². The molecule has 1 fully saturated rings. The predicted octanol–water partition coefficient (Wildman–Crippen LogP) is 1.20. The summed E-state index contributed by atoms with van der Waals surface area (Å²) in [5.74, 6) is 0. The number of aryl methyl sites for hydroxylation is 1. The van der Waals surface area contributed by atoms with Crippen LogP contribution in [0, 0.1) is 0 Å². The summed E-state index contributed by atoms with van der Waals surface area (Å²) in [6.07, 6.45) is 2.68. The van der Waals surface area contributed by atoms with E-state index >= 15 is 0 Å². The molecule has 2 rings (SSSR count). The highest BCUT2D eigenvalue weighted by Gasteiger charge is 2.52. The Morgan fingerprint density at radius 2 is 2.06 bits per heavy atom. The van der Waals surface area contributed by atoms with E-state index in [-0.39, 0.29) is 0 Å². The van der Waals surface area contributed by atoms with Crippen molar-refractivity contribution in [2.45, 2.75) is 52.2 Å². The van der Waals surface area contributed by atoms with Crippen molar-refractivity contribution < 1.29 is 16.2 Å². The first kappa shape index (κ1) is 6.82. The molecule has 0 amide bonds. The Balaban J connectivity index is 2.27. The van der Waals surface area contributed by atoms with Gasteiger partial charge in [-0.05, 0) is 34.5 Å². The van der Waals surface area contributed by atoms with E-state index in [1.165, 1.54) is 12.4 Å². The van der Waals surface area contributed by atoms with Crippen LogP contribution >= 0.6 is 0 Å². The maximum atomic E-state index is 7.68. The predicted molar refractivity (Wildman–Crippen MR) is 63.6 cm³/mol. The molecule has 1 saturated heterocycles. The molecule has 0 N–H and O–H groups in total. The monoisotopic (exact) mass is 227 g/mol. The van der Waals surface area contributed by atoms with E-state index in [9.17, 15) is 0 Å². The Hall–Kier alpha value is -0.805. The van der Waals surface area contributed by atoms with Crippen molar-refractivity contribution in [3.8, 4) is 0 Å². The normalized spacial score (nSPS) is 29.0. The fraction of sp³-hybridized carbons (Fsp3) is 0.727. The van der Waals surface area contributed by atoms with Crippen LogP contribution in [-0.2, 0) is 15.8 Å². The molecule has 0 radical (unpaired) electrons. The Morgan fingerprint density at radius 1 is 1.44 bits per heavy atom. The van der Waals surface area contributed by atoms with Crippen molar-refractivity contribution in [2.24, 2.45) is 0 Å². The third kappa shape index (κ3) is 1.78. The van der Waals surface area contributed by atoms with Crippen molar-refractivity contribution in [3.63, 3.8) is 0 Å². The lowest BCUT2D eigenvalue weighted by atomic mass is 9.82. The Morgan fingerprint density at radius 3 is 2.62 bits per heavy atom. The van der Waals surface area contributed by atoms with Crippen LogP contribution in [0.2, 0.25) is 0 Å². The van der Waals surface area contributed by atoms with Gasteiger partial charge in [-0.1, -0.05) is 0 Å². The Labute approximate surface area is 104 Å². The van der Waals surface area contributed by atoms with Crippen molar-refractivity contribution >= 4 is 12.6 Å². The lowest BCUT2D eigenvalue weighted by Gasteiger charge is -2.32. The van der Waals surface area contributed by atoms with Gasteiger partial charge in [0.05, 0.1) is 13.9 Å². The van der Waals surface area contributed by atoms with E-state index in [1.807, 2.05) is 27.7 Å². The van der Waals surface area contributed by atoms with Gasteiger partial charge in [0.25, 0.3) is 0 Å². The van der Waals surface area contributed by atoms with Gasteiger partial charge in [-0.15, -0.1) is 0 Å². The van der Waals surface area contributed by atoms with E-state index in [4.69, 9.17) is 16.2 Å². The van der Waals surface area contributed by atoms with Gasteiger partial charge in [0.1, 0.15) is 0 Å². The standard InChI is InChI=1S/C11H19BN2O2/c1-6-14-8-9(7-13-14)12-15-10(2,3)11(4,5)16-12/h7-8H,6H2,1-5H3/i1D3,6D2. The summed E-state index contributed by atoms with van der Waals surface area (Å²) in [6.45, 7) is 2.21. The highest BCUT2D eigenvalue weighted by atomic mass is 16.7. The first-order valence-electron chi connectivity index (χ1n) is 7.69. The molecule has 1 aromatic heterocycles. The molecule has 0 atom stereocenters. The maximum Gasteiger partial charge on any atom is 0.498 e. The molecule has 0 spiro atoms. The molecule has 1 aliphatic rings. The average molecular weight is 227 g/mol. The van der Waals surface area contributed by atoms with Crippen LogP contribution in [-0.4, -0.2) is 28.1 Å². The van der Waals surface area contributed by atoms with E-state index in [0.717, 1.165) is 4.68 Å². The summed E-state index contributed by atoms with van der Waals surface area (Å²) in [7, 11) is -0.698. The first-order valence-corrected chi connectivity index (χ1v) is 5.19. The molecule has 16 heavy (non-hydrogen) atoms. The molecule has 0 aliphatic carbocycles. The van der Waals surface area contributed by atoms with Crippen LogP contribution in [0.4, 0.5) is 0 Å². The van der Waals surface area contributed by atoms with Crippen LogP contribution in [0.25, 0.3) is 0 Å². The third-order valence-corrected chi connectivity index (χ3v) is 3.24. The summed E-state index contributed by atoms with van der Waals surface area (Å²) < 4.78 is 49.6. The van der Waals surface area contributed by atoms with Gasteiger partial charge in [-0.25, -0.2) is 0 Å². The number of rotatable bonds is 2. The van der Waals surface area contributed by atoms with Crippen LogP contribution in [0.5, 0.6) is 0 Å². The van der Waals surface area contributed by atoms with Crippen molar-refractivity contribution in [2.75, 3.05) is 0 Å². The zero-order valence-corrected chi connectivity index (χ0v) is 9.94. The third-order valence-electron chi connectivity index (χ3n) is 3.24. The summed E-state index contributed by atoms with van der Waals surface area (Å²) in [5, 5.41) is 3.82. The lowest BCUT2D eigenvalue weighted by Crippen LogP contribution is -2.41. The summed E-state index contributed by atoms with van der Waals surface area (Å²) in [4.78, 5) is 0. The molecule has 1 aromatic rings. The van der Waals surface area contributed by atoms with Gasteiger partial charge in [-0.2, -0.15) is 5.10 Å². The van der Waals surface area contributed by atoms with Crippen LogP contribution in [0.15, 0.2) is 12.4 Å². The number of hydrogen-bond acceptors (Lipinski definition) is 3. The fourth-order valence-electron chi connectivity index (χ4n) is 1.50. The van der Waals surface area contributed by atoms with E-state index in [0.29, 0.717) is 5.46 Å². The van der Waals surface area contributed by atoms with Crippen LogP contribution in [0.1, 0.15) is 41.4 Å². The zero-order valence-electron chi connectivity index (χ0n) is 14.9. The van der Waals surface area contributed by atoms with E-state index < -0.39 is 31.7 Å². The summed E-state index contributed by atoms with van der Waals surface area (Å²) in [5.41, 5.74) is -0.562. The van der Waals surface area contributed by atoms with Gasteiger partial charge in [0.2, 0.25) is 0 Å². The molecule has 0 bridgehead atoms. The number of aromatic nitrogens is 2. The molecule has 0 unspecified atom stereocenters. The second-order valence-electron chi connectivity index (χ2n) is 4.92. The van der Waals surface area contributed by atoms with Crippen molar-refractivity contribution in [3.05, 3.63) is 12.4 Å². The van der Waals surface area contributed by atoms with Gasteiger partial charge in [0, 0.05) is 28.5 Å². The van der Waals surface area contributed by atoms with Gasteiger partial charge < -0.3 is 9.31 Å². The molecular weight excluding hydrogens is 203 g/mol. The topological polar surface area (TPSA) is 36.3 Å². The highest BCUT2D eigenvalue weighted by Crippen LogP contribution is 2.36. The molecule has 2 heterocycles. The maximum absolute atomic E-state index is 7.68. The largest absolute Gasteiger partial charge is 0.498 e. The average Bonchev–Trinajstić information content (AvgIpc) is 2.81. The van der Waals surface area contributed by atoms with Gasteiger partial charge >= 0.3 is 7.12 Å². The molecule has 1 aliphatic heterocycles. The SMILES string of the molecule is [2H]C([2H])([2H])C([2H])([2H])n1cc(B2OC(C)(C)C(C)(C)O2)cn1. The summed E-state index contributed by atoms with van der Waals surface area (Å²) >= 11 is 0. The number of hydrogen-bond donors (Lipinski definition) is 0. The Bertz CT molecular complexity index is 525. The highest BCUT2D eigenvalue weighted by molar-refractivity contribution is 6.61. The fourth-order valence-corrected chi connectivity index (χ4v) is 1.50. The minimum Gasteiger partial charge on any atom is -0.399 e. The minimum atomic E-state index is -2.81. The molecule has 4 nitrogen and oxygen atoms in total. The van der Waals surface area contributed by atoms with Gasteiger partial charge in [-0.3, -0.25) is 4.68 Å². The minimum absolute atomic E-state index is 0.488. The molecule has 0 aromatic carbocycles. The second-order valence-corrected chi connectivity index (χ2v) is 4.92. The van der Waals surface area contributed by atoms with Crippen molar-refractivity contribution in [1.29, 1.82) is 0 Å². The molecule has 0 saturated carbocycles. The quantitative estimate of drug-likeness (QED) is 0.712. The van der Waals surface area contributed by atoms with E-state index in [2.05, 4.69) is 5.10 Å². The number of nitrogens with zero attached hydrogens (tertiary/aromatic N) is 2.